The fraction of sp³-hybridized carbons (Fsp3) is 0.533. The van der Waals surface area contributed by atoms with E-state index in [-0.39, 0.29) is 5.82 Å². The van der Waals surface area contributed by atoms with Gasteiger partial charge in [-0.25, -0.2) is 4.39 Å². The van der Waals surface area contributed by atoms with Gasteiger partial charge in [0.05, 0.1) is 13.3 Å². The molecule has 1 aromatic rings. The lowest BCUT2D eigenvalue weighted by Crippen LogP contribution is -2.28. The summed E-state index contributed by atoms with van der Waals surface area (Å²) in [6, 6.07) is 4.19. The molecule has 0 unspecified atom stereocenters. The molecular weight excluding hydrogens is 259 g/mol. The standard InChI is InChI=1S/C15H19FN2O2/c1-20-15-7-6-14(16)12(8-17-19)13(15)9-18-10-2-3-11(18)5-4-10/h6-8,10-11,19H,2-5,9H2,1H3. The Bertz CT molecular complexity index is 513. The molecule has 2 aliphatic rings. The van der Waals surface area contributed by atoms with Gasteiger partial charge in [0.15, 0.2) is 0 Å². The second-order valence-electron chi connectivity index (χ2n) is 5.52. The van der Waals surface area contributed by atoms with Crippen LogP contribution < -0.4 is 4.74 Å². The van der Waals surface area contributed by atoms with Crippen molar-refractivity contribution in [3.63, 3.8) is 0 Å². The Hall–Kier alpha value is -1.62. The van der Waals surface area contributed by atoms with Crippen LogP contribution in [0.5, 0.6) is 5.75 Å². The van der Waals surface area contributed by atoms with E-state index in [1.807, 2.05) is 0 Å². The topological polar surface area (TPSA) is 45.1 Å². The van der Waals surface area contributed by atoms with Crippen LogP contribution in [0.15, 0.2) is 17.3 Å². The van der Waals surface area contributed by atoms with Crippen molar-refractivity contribution in [3.05, 3.63) is 29.1 Å². The van der Waals surface area contributed by atoms with Crippen molar-refractivity contribution in [2.24, 2.45) is 5.16 Å². The van der Waals surface area contributed by atoms with E-state index in [2.05, 4.69) is 10.1 Å². The molecule has 3 rings (SSSR count). The summed E-state index contributed by atoms with van der Waals surface area (Å²) in [5.41, 5.74) is 1.09. The molecule has 2 aliphatic heterocycles. The van der Waals surface area contributed by atoms with Crippen molar-refractivity contribution in [2.75, 3.05) is 7.11 Å². The average molecular weight is 278 g/mol. The van der Waals surface area contributed by atoms with E-state index in [4.69, 9.17) is 9.94 Å². The molecule has 2 saturated heterocycles. The molecule has 20 heavy (non-hydrogen) atoms. The van der Waals surface area contributed by atoms with Gasteiger partial charge in [0.1, 0.15) is 11.6 Å². The number of halogens is 1. The Balaban J connectivity index is 1.96. The van der Waals surface area contributed by atoms with Gasteiger partial charge in [-0.2, -0.15) is 0 Å². The summed E-state index contributed by atoms with van der Waals surface area (Å²) in [5.74, 6) is 0.262. The van der Waals surface area contributed by atoms with Crippen LogP contribution in [0.25, 0.3) is 0 Å². The predicted molar refractivity (Wildman–Crippen MR) is 73.9 cm³/mol. The number of hydrogen-bond acceptors (Lipinski definition) is 4. The number of oxime groups is 1. The molecule has 2 heterocycles. The molecule has 2 bridgehead atoms. The molecule has 0 spiro atoms. The highest BCUT2D eigenvalue weighted by atomic mass is 19.1. The largest absolute Gasteiger partial charge is 0.496 e. The van der Waals surface area contributed by atoms with Crippen molar-refractivity contribution in [3.8, 4) is 5.75 Å². The number of nitrogens with zero attached hydrogens (tertiary/aromatic N) is 2. The van der Waals surface area contributed by atoms with Crippen molar-refractivity contribution < 1.29 is 14.3 Å². The van der Waals surface area contributed by atoms with Gasteiger partial charge in [-0.3, -0.25) is 4.90 Å². The van der Waals surface area contributed by atoms with Gasteiger partial charge in [0.25, 0.3) is 0 Å². The lowest BCUT2D eigenvalue weighted by Gasteiger charge is -2.24. The van der Waals surface area contributed by atoms with Gasteiger partial charge < -0.3 is 9.94 Å². The number of methoxy groups -OCH3 is 1. The molecule has 1 aromatic carbocycles. The molecule has 108 valence electrons. The first-order chi connectivity index (χ1) is 9.74. The van der Waals surface area contributed by atoms with Crippen molar-refractivity contribution in [1.82, 2.24) is 4.90 Å². The summed E-state index contributed by atoms with van der Waals surface area (Å²) in [5, 5.41) is 11.7. The Morgan fingerprint density at radius 1 is 1.35 bits per heavy atom. The molecule has 0 atom stereocenters. The van der Waals surface area contributed by atoms with Gasteiger partial charge >= 0.3 is 0 Å². The van der Waals surface area contributed by atoms with Crippen LogP contribution in [0, 0.1) is 5.82 Å². The third-order valence-corrected chi connectivity index (χ3v) is 4.61. The van der Waals surface area contributed by atoms with E-state index >= 15 is 0 Å². The van der Waals surface area contributed by atoms with Gasteiger partial charge in [-0.15, -0.1) is 0 Å². The van der Waals surface area contributed by atoms with Crippen molar-refractivity contribution in [2.45, 2.75) is 44.3 Å². The average Bonchev–Trinajstić information content (AvgIpc) is 3.02. The molecule has 0 radical (unpaired) electrons. The number of ether oxygens (including phenoxy) is 1. The van der Waals surface area contributed by atoms with Crippen LogP contribution in [-0.4, -0.2) is 35.5 Å². The Morgan fingerprint density at radius 3 is 2.55 bits per heavy atom. The number of fused-ring (bicyclic) bond motifs is 2. The molecule has 0 saturated carbocycles. The van der Waals surface area contributed by atoms with Gasteiger partial charge in [-0.1, -0.05) is 5.16 Å². The molecule has 5 heteroatoms. The third-order valence-electron chi connectivity index (χ3n) is 4.61. The molecule has 0 aliphatic carbocycles. The van der Waals surface area contributed by atoms with E-state index in [0.717, 1.165) is 11.8 Å². The Kier molecular flexibility index (Phi) is 3.61. The summed E-state index contributed by atoms with van der Waals surface area (Å²) in [4.78, 5) is 2.44. The fourth-order valence-electron chi connectivity index (χ4n) is 3.63. The minimum absolute atomic E-state index is 0.318. The van der Waals surface area contributed by atoms with E-state index in [1.165, 1.54) is 31.7 Å². The SMILES string of the molecule is COc1ccc(F)c(C=NO)c1CN1C2CCC1CC2. The van der Waals surface area contributed by atoms with E-state index in [0.29, 0.717) is 29.9 Å². The first kappa shape index (κ1) is 13.4. The molecule has 2 fully saturated rings. The molecule has 4 nitrogen and oxygen atoms in total. The summed E-state index contributed by atoms with van der Waals surface area (Å²) < 4.78 is 19.3. The predicted octanol–water partition coefficient (Wildman–Crippen LogP) is 2.77. The molecule has 0 aromatic heterocycles. The molecular formula is C15H19FN2O2. The lowest BCUT2D eigenvalue weighted by atomic mass is 10.0. The quantitative estimate of drug-likeness (QED) is 0.523. The number of rotatable bonds is 4. The van der Waals surface area contributed by atoms with Crippen LogP contribution in [0.4, 0.5) is 4.39 Å². The van der Waals surface area contributed by atoms with Crippen LogP contribution in [0.3, 0.4) is 0 Å². The maximum atomic E-state index is 14.0. The van der Waals surface area contributed by atoms with Crippen LogP contribution in [-0.2, 0) is 6.54 Å². The summed E-state index contributed by atoms with van der Waals surface area (Å²) >= 11 is 0. The van der Waals surface area contributed by atoms with Gasteiger partial charge in [-0.05, 0) is 37.8 Å². The summed E-state index contributed by atoms with van der Waals surface area (Å²) in [6.07, 6.45) is 6.07. The number of hydrogen-bond donors (Lipinski definition) is 1. The molecule has 1 N–H and O–H groups in total. The summed E-state index contributed by atoms with van der Waals surface area (Å²) in [7, 11) is 1.58. The van der Waals surface area contributed by atoms with E-state index in [9.17, 15) is 4.39 Å². The summed E-state index contributed by atoms with van der Waals surface area (Å²) in [6.45, 7) is 0.650. The minimum Gasteiger partial charge on any atom is -0.496 e. The lowest BCUT2D eigenvalue weighted by molar-refractivity contribution is 0.239. The first-order valence-corrected chi connectivity index (χ1v) is 7.03. The minimum atomic E-state index is -0.384. The van der Waals surface area contributed by atoms with Crippen molar-refractivity contribution >= 4 is 6.21 Å². The highest BCUT2D eigenvalue weighted by molar-refractivity contribution is 5.83. The van der Waals surface area contributed by atoms with E-state index < -0.39 is 0 Å². The zero-order valence-corrected chi connectivity index (χ0v) is 11.6. The highest BCUT2D eigenvalue weighted by Crippen LogP contribution is 2.40. The zero-order chi connectivity index (χ0) is 14.1. The van der Waals surface area contributed by atoms with Gasteiger partial charge in [0.2, 0.25) is 0 Å². The molecule has 0 amide bonds. The normalized spacial score (nSPS) is 25.7. The third kappa shape index (κ3) is 2.16. The second-order valence-corrected chi connectivity index (χ2v) is 5.52. The Morgan fingerprint density at radius 2 is 2.00 bits per heavy atom. The number of benzene rings is 1. The van der Waals surface area contributed by atoms with Crippen LogP contribution in [0.1, 0.15) is 36.8 Å². The monoisotopic (exact) mass is 278 g/mol. The first-order valence-electron chi connectivity index (χ1n) is 7.03. The smallest absolute Gasteiger partial charge is 0.132 e. The zero-order valence-electron chi connectivity index (χ0n) is 11.6. The van der Waals surface area contributed by atoms with Crippen molar-refractivity contribution in [1.29, 1.82) is 0 Å². The fourth-order valence-corrected chi connectivity index (χ4v) is 3.63. The Labute approximate surface area is 117 Å². The second kappa shape index (κ2) is 5.40. The van der Waals surface area contributed by atoms with Crippen LogP contribution >= 0.6 is 0 Å². The highest BCUT2D eigenvalue weighted by Gasteiger charge is 2.39. The maximum Gasteiger partial charge on any atom is 0.132 e. The van der Waals surface area contributed by atoms with E-state index in [1.54, 1.807) is 13.2 Å². The maximum absolute atomic E-state index is 14.0. The van der Waals surface area contributed by atoms with Gasteiger partial charge in [0, 0.05) is 29.8 Å². The van der Waals surface area contributed by atoms with Crippen LogP contribution in [0.2, 0.25) is 0 Å².